The number of nitrogens with zero attached hydrogens (tertiary/aromatic N) is 2. The van der Waals surface area contributed by atoms with Crippen molar-refractivity contribution in [1.82, 2.24) is 4.98 Å². The molecule has 148 valence electrons. The van der Waals surface area contributed by atoms with Crippen LogP contribution in [0.4, 0.5) is 28.9 Å². The average molecular weight is 402 g/mol. The lowest BCUT2D eigenvalue weighted by atomic mass is 10.1. The van der Waals surface area contributed by atoms with E-state index in [1.54, 1.807) is 36.4 Å². The fraction of sp³-hybridized carbons (Fsp3) is 0.0500. The summed E-state index contributed by atoms with van der Waals surface area (Å²) in [4.78, 5) is 14.7. The molecule has 2 N–H and O–H groups in total. The molecule has 5 nitrogen and oxygen atoms in total. The van der Waals surface area contributed by atoms with E-state index in [9.17, 15) is 22.4 Å². The van der Waals surface area contributed by atoms with E-state index in [4.69, 9.17) is 0 Å². The Kier molecular flexibility index (Phi) is 5.87. The highest BCUT2D eigenvalue weighted by Gasteiger charge is 2.20. The molecule has 2 aromatic carbocycles. The minimum atomic E-state index is -1.79. The van der Waals surface area contributed by atoms with E-state index in [0.717, 1.165) is 11.8 Å². The number of aromatic nitrogens is 1. The maximum Gasteiger partial charge on any atom is 0.255 e. The smallest absolute Gasteiger partial charge is 0.255 e. The van der Waals surface area contributed by atoms with E-state index in [1.165, 1.54) is 0 Å². The molecule has 0 aliphatic heterocycles. The minimum Gasteiger partial charge on any atom is -0.322 e. The van der Waals surface area contributed by atoms with Gasteiger partial charge in [0.05, 0.1) is 6.21 Å². The first-order valence-electron chi connectivity index (χ1n) is 8.32. The van der Waals surface area contributed by atoms with E-state index in [2.05, 4.69) is 15.4 Å². The number of carbonyl (C=O) groups excluding carboxylic acids is 1. The van der Waals surface area contributed by atoms with Crippen LogP contribution in [0.1, 0.15) is 21.5 Å². The van der Waals surface area contributed by atoms with Gasteiger partial charge in [-0.3, -0.25) is 10.2 Å². The number of anilines is 2. The summed E-state index contributed by atoms with van der Waals surface area (Å²) < 4.78 is 53.2. The maximum atomic E-state index is 13.5. The SMILES string of the molecule is Cc1ccc(C(=O)Nc2cccc(/C=N\Nc3c(F)c(F)nc(F)c3F)c2)cc1. The Morgan fingerprint density at radius 1 is 1.00 bits per heavy atom. The number of aryl methyl sites for hydroxylation is 1. The summed E-state index contributed by atoms with van der Waals surface area (Å²) in [7, 11) is 0. The number of carbonyl (C=O) groups is 1. The largest absolute Gasteiger partial charge is 0.322 e. The minimum absolute atomic E-state index is 0.316. The fourth-order valence-electron chi connectivity index (χ4n) is 2.36. The Bertz CT molecular complexity index is 1060. The van der Waals surface area contributed by atoms with Crippen LogP contribution in [0.15, 0.2) is 53.6 Å². The molecule has 0 fully saturated rings. The third-order valence-electron chi connectivity index (χ3n) is 3.85. The molecule has 1 amide bonds. The predicted octanol–water partition coefficient (Wildman–Crippen LogP) is 4.64. The molecule has 0 saturated heterocycles. The molecule has 0 saturated carbocycles. The number of nitrogens with one attached hydrogen (secondary N) is 2. The van der Waals surface area contributed by atoms with Crippen LogP contribution in [-0.4, -0.2) is 17.1 Å². The lowest BCUT2D eigenvalue weighted by Crippen LogP contribution is -2.11. The van der Waals surface area contributed by atoms with E-state index >= 15 is 0 Å². The summed E-state index contributed by atoms with van der Waals surface area (Å²) in [5.41, 5.74) is 3.22. The summed E-state index contributed by atoms with van der Waals surface area (Å²) in [5, 5.41) is 6.29. The Morgan fingerprint density at radius 2 is 1.66 bits per heavy atom. The second-order valence-electron chi connectivity index (χ2n) is 6.01. The molecule has 1 heterocycles. The second kappa shape index (κ2) is 8.51. The molecule has 0 spiro atoms. The van der Waals surface area contributed by atoms with E-state index in [1.807, 2.05) is 24.5 Å². The van der Waals surface area contributed by atoms with Gasteiger partial charge in [-0.25, -0.2) is 0 Å². The van der Waals surface area contributed by atoms with Crippen molar-refractivity contribution >= 4 is 23.5 Å². The first kappa shape index (κ1) is 20.0. The Hall–Kier alpha value is -3.75. The summed E-state index contributed by atoms with van der Waals surface area (Å²) in [6.07, 6.45) is 1.16. The van der Waals surface area contributed by atoms with Gasteiger partial charge >= 0.3 is 0 Å². The molecule has 0 atom stereocenters. The van der Waals surface area contributed by atoms with Gasteiger partial charge in [0.2, 0.25) is 11.6 Å². The molecule has 29 heavy (non-hydrogen) atoms. The van der Waals surface area contributed by atoms with Crippen molar-refractivity contribution in [3.8, 4) is 0 Å². The molecule has 3 rings (SSSR count). The van der Waals surface area contributed by atoms with E-state index in [-0.39, 0.29) is 5.91 Å². The monoisotopic (exact) mass is 402 g/mol. The van der Waals surface area contributed by atoms with Gasteiger partial charge in [0.15, 0.2) is 0 Å². The zero-order valence-corrected chi connectivity index (χ0v) is 15.0. The lowest BCUT2D eigenvalue weighted by Gasteiger charge is -2.07. The normalized spacial score (nSPS) is 10.9. The molecule has 0 radical (unpaired) electrons. The number of rotatable bonds is 5. The third kappa shape index (κ3) is 4.75. The highest BCUT2D eigenvalue weighted by molar-refractivity contribution is 6.04. The Morgan fingerprint density at radius 3 is 2.31 bits per heavy atom. The summed E-state index contributed by atoms with van der Waals surface area (Å²) >= 11 is 0. The third-order valence-corrected chi connectivity index (χ3v) is 3.85. The van der Waals surface area contributed by atoms with Crippen molar-refractivity contribution < 1.29 is 22.4 Å². The standard InChI is InChI=1S/C20H14F4N4O/c1-11-5-7-13(8-6-11)20(29)26-14-4-2-3-12(9-14)10-25-28-17-15(21)18(23)27-19(24)16(17)22/h2-10H,1H3,(H,26,29)(H,27,28)/b25-10-. The zero-order chi connectivity index (χ0) is 21.0. The number of hydrogen-bond acceptors (Lipinski definition) is 4. The molecule has 0 unspecified atom stereocenters. The number of benzene rings is 2. The lowest BCUT2D eigenvalue weighted by molar-refractivity contribution is 0.102. The second-order valence-corrected chi connectivity index (χ2v) is 6.01. The molecule has 9 heteroatoms. The Balaban J connectivity index is 1.72. The van der Waals surface area contributed by atoms with Gasteiger partial charge in [0.25, 0.3) is 17.8 Å². The predicted molar refractivity (Wildman–Crippen MR) is 101 cm³/mol. The molecule has 0 aliphatic carbocycles. The number of pyridine rings is 1. The van der Waals surface area contributed by atoms with Crippen LogP contribution in [0.3, 0.4) is 0 Å². The average Bonchev–Trinajstić information content (AvgIpc) is 2.70. The topological polar surface area (TPSA) is 66.4 Å². The van der Waals surface area contributed by atoms with Crippen LogP contribution in [-0.2, 0) is 0 Å². The van der Waals surface area contributed by atoms with Crippen molar-refractivity contribution in [2.24, 2.45) is 5.10 Å². The highest BCUT2D eigenvalue weighted by Crippen LogP contribution is 2.22. The van der Waals surface area contributed by atoms with Crippen LogP contribution in [0, 0.1) is 30.5 Å². The van der Waals surface area contributed by atoms with Gasteiger partial charge < -0.3 is 5.32 Å². The zero-order valence-electron chi connectivity index (χ0n) is 15.0. The van der Waals surface area contributed by atoms with E-state index in [0.29, 0.717) is 16.8 Å². The highest BCUT2D eigenvalue weighted by atomic mass is 19.2. The summed E-state index contributed by atoms with van der Waals surface area (Å²) in [5.74, 6) is -7.28. The molecular formula is C20H14F4N4O. The first-order chi connectivity index (χ1) is 13.8. The van der Waals surface area contributed by atoms with Gasteiger partial charge in [-0.1, -0.05) is 29.8 Å². The van der Waals surface area contributed by atoms with Crippen molar-refractivity contribution in [3.05, 3.63) is 88.8 Å². The van der Waals surface area contributed by atoms with Crippen LogP contribution >= 0.6 is 0 Å². The Labute approximate surface area is 163 Å². The van der Waals surface area contributed by atoms with Crippen LogP contribution in [0.2, 0.25) is 0 Å². The fourth-order valence-corrected chi connectivity index (χ4v) is 2.36. The summed E-state index contributed by atoms with van der Waals surface area (Å²) in [6, 6.07) is 13.4. The van der Waals surface area contributed by atoms with Crippen LogP contribution in [0.25, 0.3) is 0 Å². The van der Waals surface area contributed by atoms with E-state index < -0.39 is 29.2 Å². The van der Waals surface area contributed by atoms with Gasteiger partial charge in [0.1, 0.15) is 5.69 Å². The van der Waals surface area contributed by atoms with Crippen molar-refractivity contribution in [3.63, 3.8) is 0 Å². The van der Waals surface area contributed by atoms with Gasteiger partial charge in [-0.15, -0.1) is 0 Å². The van der Waals surface area contributed by atoms with Crippen LogP contribution in [0.5, 0.6) is 0 Å². The number of halogens is 4. The van der Waals surface area contributed by atoms with Crippen molar-refractivity contribution in [2.45, 2.75) is 6.92 Å². The number of hydrazone groups is 1. The molecule has 3 aromatic rings. The molecule has 1 aromatic heterocycles. The van der Waals surface area contributed by atoms with Gasteiger partial charge in [0, 0.05) is 11.3 Å². The molecular weight excluding hydrogens is 388 g/mol. The first-order valence-corrected chi connectivity index (χ1v) is 8.32. The number of hydrogen-bond donors (Lipinski definition) is 2. The molecule has 0 aliphatic rings. The van der Waals surface area contributed by atoms with Gasteiger partial charge in [-0.05, 0) is 36.8 Å². The van der Waals surface area contributed by atoms with Crippen molar-refractivity contribution in [1.29, 1.82) is 0 Å². The van der Waals surface area contributed by atoms with Gasteiger partial charge in [-0.2, -0.15) is 27.6 Å². The van der Waals surface area contributed by atoms with Crippen LogP contribution < -0.4 is 10.7 Å². The van der Waals surface area contributed by atoms with Crippen molar-refractivity contribution in [2.75, 3.05) is 10.7 Å². The number of amides is 1. The summed E-state index contributed by atoms with van der Waals surface area (Å²) in [6.45, 7) is 1.91. The quantitative estimate of drug-likeness (QED) is 0.283. The molecule has 0 bridgehead atoms. The maximum absolute atomic E-state index is 13.5.